The van der Waals surface area contributed by atoms with Crippen molar-refractivity contribution in [3.8, 4) is 5.75 Å². The number of rotatable bonds is 50. The predicted octanol–water partition coefficient (Wildman–Crippen LogP) is -4.10. The lowest BCUT2D eigenvalue weighted by atomic mass is 10.0. The summed E-state index contributed by atoms with van der Waals surface area (Å²) in [5.41, 5.74) is 19.1. The second-order valence-electron chi connectivity index (χ2n) is 28.9. The van der Waals surface area contributed by atoms with Crippen LogP contribution in [0.2, 0.25) is 1.41 Å². The number of fused-ring (bicyclic) bond motifs is 1. The number of carbonyl (C=O) groups is 15. The zero-order valence-corrected chi connectivity index (χ0v) is 66.3. The monoisotopic (exact) mass is 1650 g/mol. The lowest BCUT2D eigenvalue weighted by Crippen LogP contribution is -2.61. The number of nitrogens with two attached hydrogens (primary N) is 3. The minimum atomic E-state index is -1.98. The number of unbranched alkanes of at least 4 members (excludes halogenated alkanes) is 2. The van der Waals surface area contributed by atoms with Crippen LogP contribution in [0, 0.1) is 11.3 Å². The van der Waals surface area contributed by atoms with Crippen molar-refractivity contribution in [2.45, 2.75) is 203 Å². The molecular weight excluding hydrogens is 1530 g/mol. The highest BCUT2D eigenvalue weighted by atomic mass is 16.4. The van der Waals surface area contributed by atoms with Gasteiger partial charge in [-0.2, -0.15) is 0 Å². The molecule has 0 bridgehead atoms. The number of phenols is 1. The summed E-state index contributed by atoms with van der Waals surface area (Å²) < 4.78 is 9.43. The molecule has 3 aromatic carbocycles. The summed E-state index contributed by atoms with van der Waals surface area (Å²) in [6.45, 7) is 3.85. The van der Waals surface area contributed by atoms with Gasteiger partial charge in [-0.05, 0) is 105 Å². The molecule has 3 heterocycles. The smallest absolute Gasteiger partial charge is 0.303 e. The topological polar surface area (TPSA) is 643 Å². The first-order valence-corrected chi connectivity index (χ1v) is 39.0. The van der Waals surface area contributed by atoms with Crippen LogP contribution in [0.3, 0.4) is 0 Å². The maximum Gasteiger partial charge on any atom is 0.303 e. The number of H-pyrrole nitrogens is 2. The number of carboxylic acids is 1. The van der Waals surface area contributed by atoms with Gasteiger partial charge in [0, 0.05) is 75.4 Å². The van der Waals surface area contributed by atoms with Crippen LogP contribution in [0.5, 0.6) is 5.75 Å². The normalized spacial score (nSPS) is 15.3. The largest absolute Gasteiger partial charge is 0.508 e. The Morgan fingerprint density at radius 3 is 1.68 bits per heavy atom. The number of phenolic OH excluding ortho intramolecular Hbond substituents is 1. The second kappa shape index (κ2) is 48.1. The zero-order chi connectivity index (χ0) is 87.4. The van der Waals surface area contributed by atoms with Crippen molar-refractivity contribution in [2.24, 2.45) is 23.1 Å². The van der Waals surface area contributed by atoms with E-state index in [9.17, 15) is 79.4 Å². The Morgan fingerprint density at radius 2 is 1.12 bits per heavy atom. The molecular formula is C78H111N21O19. The molecule has 14 amide bonds. The van der Waals surface area contributed by atoms with E-state index < -0.39 is 206 Å². The second-order valence-corrected chi connectivity index (χ2v) is 28.9. The molecule has 1 aliphatic rings. The Hall–Kier alpha value is -12.6. The number of guanidine groups is 1. The molecule has 0 aliphatic carbocycles. The summed E-state index contributed by atoms with van der Waals surface area (Å²) >= 11 is 0. The van der Waals surface area contributed by atoms with E-state index in [1.807, 2.05) is 0 Å². The first-order valence-electron chi connectivity index (χ1n) is 39.5. The standard InChI is InChI=1S/C78H111N21O19/c1-5-6-19-52(91-75(116)61(41-101)97-72(113)57(34-46-24-26-49(103)27-25-46)94-74(115)60(40-100)88-44(4)102)68(109)92-54(28-29-64(105)106)70(111)96-59(36-48-38-83-42-87-48)73(114)93-56(33-45-16-8-7-9-17-45)71(112)90-53(22-14-31-84-78(81)82)69(110)95-58(35-47-37-85-51-20-11-10-18-50(47)51)67(108)86-39-63(104)89-55(21-12-13-30-79)77(118)99-32-15-23-62(99)76(117)98-65(43(2)3)66(80)107/h7-11,16-18,20,24-27,37-38,42-43,52-62,65,85,100-101,103H,5-6,12-15,19,21-23,28-36,39-41,79H2,1-4H3,(H2,80,107)(H,83,87)(H,86,108)(H,88,102)(H,89,104)(H,90,112)(H,91,116)(H,92,109)(H,93,114)(H,94,115)(H,95,110)(H,96,111)(H,97,113)(H,98,117)(H,105,106)(H4,81,82,84)/t52-,53-,54-,55-,56-,57-,58-,59-,60-,61-,62-,65-/m0/s1/i/hD. The lowest BCUT2D eigenvalue weighted by Gasteiger charge is -2.30. The van der Waals surface area contributed by atoms with E-state index in [1.54, 1.807) is 81.6 Å². The fourth-order valence-electron chi connectivity index (χ4n) is 13.0. The highest BCUT2D eigenvalue weighted by Crippen LogP contribution is 2.23. The molecule has 2 aromatic heterocycles. The molecule has 6 rings (SSSR count). The number of para-hydroxylation sites is 1. The van der Waals surface area contributed by atoms with Gasteiger partial charge in [-0.15, -0.1) is 0 Å². The average molecular weight is 1650 g/mol. The Labute approximate surface area is 682 Å². The van der Waals surface area contributed by atoms with E-state index in [2.05, 4.69) is 78.8 Å². The summed E-state index contributed by atoms with van der Waals surface area (Å²) in [6, 6.07) is 2.04. The molecule has 26 N–H and O–H groups in total. The molecule has 1 fully saturated rings. The minimum Gasteiger partial charge on any atom is -0.508 e. The Kier molecular flexibility index (Phi) is 37.7. The van der Waals surface area contributed by atoms with Crippen LogP contribution in [0.15, 0.2) is 97.6 Å². The molecule has 40 heteroatoms. The Morgan fingerprint density at radius 1 is 0.585 bits per heavy atom. The van der Waals surface area contributed by atoms with Crippen molar-refractivity contribution in [3.63, 3.8) is 0 Å². The molecule has 0 spiro atoms. The number of amides is 14. The van der Waals surface area contributed by atoms with Crippen molar-refractivity contribution < 1.29 is 93.8 Å². The number of primary amides is 1. The Bertz CT molecular complexity index is 4290. The number of aliphatic carboxylic acids is 1. The molecule has 1 aliphatic heterocycles. The number of carboxylic acid groups (broad SMARTS) is 1. The number of hydrogen-bond donors (Lipinski definition) is 23. The quantitative estimate of drug-likeness (QED) is 0.01000. The van der Waals surface area contributed by atoms with Gasteiger partial charge in [0.25, 0.3) is 0 Å². The molecule has 1 saturated heterocycles. The minimum absolute atomic E-state index is 0.0188. The third-order valence-electron chi connectivity index (χ3n) is 19.4. The number of carbonyl (C=O) groups excluding carboxylic acids is 14. The highest BCUT2D eigenvalue weighted by molar-refractivity contribution is 6.00. The van der Waals surface area contributed by atoms with Crippen LogP contribution in [0.4, 0.5) is 0 Å². The number of hydrogen-bond acceptors (Lipinski definition) is 21. The van der Waals surface area contributed by atoms with E-state index >= 15 is 14.4 Å². The molecule has 0 unspecified atom stereocenters. The van der Waals surface area contributed by atoms with Crippen LogP contribution in [-0.4, -0.2) is 247 Å². The van der Waals surface area contributed by atoms with Gasteiger partial charge in [0.2, 0.25) is 82.7 Å². The van der Waals surface area contributed by atoms with Crippen LogP contribution in [0.1, 0.15) is 127 Å². The molecule has 12 atom stereocenters. The van der Waals surface area contributed by atoms with Crippen LogP contribution in [0.25, 0.3) is 10.9 Å². The van der Waals surface area contributed by atoms with E-state index in [1.165, 1.54) is 41.7 Å². The van der Waals surface area contributed by atoms with Gasteiger partial charge >= 0.3 is 5.97 Å². The van der Waals surface area contributed by atoms with Gasteiger partial charge < -0.3 is 122 Å². The molecule has 5 aromatic rings. The molecule has 0 saturated carbocycles. The lowest BCUT2D eigenvalue weighted by molar-refractivity contribution is -0.142. The van der Waals surface area contributed by atoms with E-state index in [0.29, 0.717) is 53.3 Å². The summed E-state index contributed by atoms with van der Waals surface area (Å²) in [6.07, 6.45) is 3.00. The number of nitrogens with one attached hydrogen (secondary N) is 16. The third-order valence-corrected chi connectivity index (χ3v) is 19.4. The molecule has 0 radical (unpaired) electrons. The third kappa shape index (κ3) is 30.6. The summed E-state index contributed by atoms with van der Waals surface area (Å²) in [5.74, 6) is -15.8. The van der Waals surface area contributed by atoms with Crippen molar-refractivity contribution in [3.05, 3.63) is 120 Å². The fraction of sp³-hybridized carbons (Fsp3) is 0.500. The van der Waals surface area contributed by atoms with Gasteiger partial charge in [0.15, 0.2) is 7.37 Å². The van der Waals surface area contributed by atoms with Gasteiger partial charge in [-0.25, -0.2) is 4.98 Å². The van der Waals surface area contributed by atoms with Gasteiger partial charge in [0.1, 0.15) is 78.3 Å². The first kappa shape index (κ1) is 92.6. The summed E-state index contributed by atoms with van der Waals surface area (Å²) in [7, 11) is 0. The van der Waals surface area contributed by atoms with Crippen molar-refractivity contribution in [2.75, 3.05) is 39.4 Å². The predicted molar refractivity (Wildman–Crippen MR) is 428 cm³/mol. The van der Waals surface area contributed by atoms with Gasteiger partial charge in [-0.3, -0.25) is 77.3 Å². The number of aliphatic hydroxyl groups is 2. The van der Waals surface area contributed by atoms with Crippen molar-refractivity contribution in [1.29, 1.82) is 5.41 Å². The first-order chi connectivity index (χ1) is 56.7. The Balaban J connectivity index is 1.27. The van der Waals surface area contributed by atoms with Gasteiger partial charge in [0.05, 0.1) is 31.8 Å². The number of aromatic nitrogens is 3. The van der Waals surface area contributed by atoms with Crippen molar-refractivity contribution >= 4 is 106 Å². The zero-order valence-electron chi connectivity index (χ0n) is 67.3. The SMILES string of the molecule is [2H]N(C(=O)[C@H](CCC(=O)O)NC(=O)[C@H](CCCC)NC(=O)[C@H](CO)NC(=O)[C@H](Cc1ccc(O)cc1)NC(=O)[C@H](CO)NC(C)=O)[C@@H](Cc1c[nH]cn1)C(=O)N[C@@H](Cc1ccccc1)C(=O)N[C@@H](CCCNC(=N)N)C(=O)N[C@@H](Cc1c[nH]c2ccccc12)C(=O)NCC(=O)N[C@@H](CCCCN)C(=O)N1CCC[C@H]1C(=O)N[C@H](C(N)=O)C(C)C. The van der Waals surface area contributed by atoms with Gasteiger partial charge in [-0.1, -0.05) is 94.3 Å². The number of imidazole rings is 1. The summed E-state index contributed by atoms with van der Waals surface area (Å²) in [5, 5.41) is 79.3. The van der Waals surface area contributed by atoms with Crippen LogP contribution < -0.4 is 86.3 Å². The van der Waals surface area contributed by atoms with E-state index in [4.69, 9.17) is 22.6 Å². The maximum absolute atomic E-state index is 15.2. The number of nitrogens with zero attached hydrogens (tertiary/aromatic N) is 2. The van der Waals surface area contributed by atoms with Crippen molar-refractivity contribution in [1.82, 2.24) is 89.0 Å². The molecule has 642 valence electrons. The molecule has 40 nitrogen and oxygen atoms in total. The maximum atomic E-state index is 15.2. The molecule has 118 heavy (non-hydrogen) atoms. The number of aromatic amines is 2. The van der Waals surface area contributed by atoms with Crippen LogP contribution in [-0.2, 0) is 97.6 Å². The highest BCUT2D eigenvalue weighted by Gasteiger charge is 2.41. The summed E-state index contributed by atoms with van der Waals surface area (Å²) in [4.78, 5) is 221. The number of aliphatic hydroxyl groups excluding tert-OH is 2. The fourth-order valence-corrected chi connectivity index (χ4v) is 13.0. The van der Waals surface area contributed by atoms with E-state index in [-0.39, 0.29) is 100 Å². The number of benzene rings is 3. The number of likely N-dealkylation sites (tertiary alicyclic amines) is 1. The van der Waals surface area contributed by atoms with Crippen LogP contribution >= 0.6 is 0 Å². The number of aromatic hydroxyl groups is 1. The van der Waals surface area contributed by atoms with E-state index in [0.717, 1.165) is 6.92 Å². The average Bonchev–Trinajstić information content (AvgIpc) is 1.73.